The second-order valence-corrected chi connectivity index (χ2v) is 5.30. The highest BCUT2D eigenvalue weighted by Gasteiger charge is 2.28. The zero-order valence-electron chi connectivity index (χ0n) is 12.2. The van der Waals surface area contributed by atoms with E-state index in [1.54, 1.807) is 30.5 Å². The molecule has 0 radical (unpaired) electrons. The van der Waals surface area contributed by atoms with Crippen molar-refractivity contribution in [2.75, 3.05) is 13.6 Å². The Labute approximate surface area is 127 Å². The largest absolute Gasteiger partial charge is 0.349 e. The number of pyridine rings is 1. The van der Waals surface area contributed by atoms with E-state index in [4.69, 9.17) is 0 Å². The van der Waals surface area contributed by atoms with Crippen LogP contribution in [0.2, 0.25) is 0 Å². The lowest BCUT2D eigenvalue weighted by Crippen LogP contribution is -2.39. The summed E-state index contributed by atoms with van der Waals surface area (Å²) in [6.07, 6.45) is 6.28. The molecule has 7 heteroatoms. The molecule has 0 spiro atoms. The third kappa shape index (κ3) is 2.69. The molecule has 7 nitrogen and oxygen atoms in total. The van der Waals surface area contributed by atoms with Crippen molar-refractivity contribution in [1.82, 2.24) is 25.4 Å². The number of H-pyrrole nitrogens is 1. The van der Waals surface area contributed by atoms with Gasteiger partial charge in [-0.15, -0.1) is 0 Å². The second kappa shape index (κ2) is 5.97. The fraction of sp³-hybridized carbons (Fsp3) is 0.333. The van der Waals surface area contributed by atoms with Crippen LogP contribution in [0, 0.1) is 0 Å². The van der Waals surface area contributed by atoms with Gasteiger partial charge in [0.1, 0.15) is 5.69 Å². The van der Waals surface area contributed by atoms with Crippen molar-refractivity contribution in [1.29, 1.82) is 0 Å². The van der Waals surface area contributed by atoms with Crippen LogP contribution in [0.1, 0.15) is 23.3 Å². The van der Waals surface area contributed by atoms with Gasteiger partial charge in [-0.25, -0.2) is 0 Å². The van der Waals surface area contributed by atoms with Gasteiger partial charge in [-0.3, -0.25) is 19.7 Å². The van der Waals surface area contributed by atoms with Gasteiger partial charge in [-0.1, -0.05) is 0 Å². The highest BCUT2D eigenvalue weighted by atomic mass is 16.2. The molecule has 0 saturated carbocycles. The Morgan fingerprint density at radius 2 is 2.23 bits per heavy atom. The maximum Gasteiger partial charge on any atom is 0.270 e. The van der Waals surface area contributed by atoms with Crippen LogP contribution in [-0.4, -0.2) is 51.5 Å². The van der Waals surface area contributed by atoms with E-state index in [1.165, 1.54) is 0 Å². The summed E-state index contributed by atoms with van der Waals surface area (Å²) in [5, 5.41) is 9.56. The predicted octanol–water partition coefficient (Wildman–Crippen LogP) is 0.822. The minimum Gasteiger partial charge on any atom is -0.349 e. The highest BCUT2D eigenvalue weighted by molar-refractivity contribution is 5.98. The average molecular weight is 299 g/mol. The van der Waals surface area contributed by atoms with Crippen molar-refractivity contribution < 1.29 is 9.59 Å². The first-order valence-electron chi connectivity index (χ1n) is 7.14. The molecule has 3 rings (SSSR count). The summed E-state index contributed by atoms with van der Waals surface area (Å²) in [5.74, 6) is -0.102. The molecule has 1 fully saturated rings. The smallest absolute Gasteiger partial charge is 0.270 e. The van der Waals surface area contributed by atoms with Crippen molar-refractivity contribution in [3.8, 4) is 11.1 Å². The lowest BCUT2D eigenvalue weighted by Gasteiger charge is -2.20. The molecule has 114 valence electrons. The van der Waals surface area contributed by atoms with Gasteiger partial charge >= 0.3 is 0 Å². The molecular formula is C15H17N5O2. The van der Waals surface area contributed by atoms with E-state index >= 15 is 0 Å². The van der Waals surface area contributed by atoms with Crippen molar-refractivity contribution in [2.45, 2.75) is 18.9 Å². The third-order valence-electron chi connectivity index (χ3n) is 3.99. The zero-order valence-corrected chi connectivity index (χ0v) is 12.2. The Kier molecular flexibility index (Phi) is 3.86. The molecule has 1 unspecified atom stereocenters. The maximum atomic E-state index is 12.3. The topological polar surface area (TPSA) is 91.0 Å². The number of nitrogens with one attached hydrogen (secondary N) is 2. The number of rotatable bonds is 4. The first-order chi connectivity index (χ1) is 10.7. The molecule has 0 aromatic carbocycles. The molecule has 2 aromatic rings. The summed E-state index contributed by atoms with van der Waals surface area (Å²) in [6, 6.07) is 3.71. The number of carbonyl (C=O) groups is 2. The summed E-state index contributed by atoms with van der Waals surface area (Å²) in [4.78, 5) is 29.5. The second-order valence-electron chi connectivity index (χ2n) is 5.30. The zero-order chi connectivity index (χ0) is 15.5. The van der Waals surface area contributed by atoms with Crippen LogP contribution in [0.5, 0.6) is 0 Å². The van der Waals surface area contributed by atoms with E-state index in [0.29, 0.717) is 18.7 Å². The van der Waals surface area contributed by atoms with E-state index in [1.807, 2.05) is 12.1 Å². The van der Waals surface area contributed by atoms with Crippen molar-refractivity contribution in [3.05, 3.63) is 36.4 Å². The molecule has 1 aliphatic heterocycles. The number of carbonyl (C=O) groups excluding carboxylic acids is 2. The highest BCUT2D eigenvalue weighted by Crippen LogP contribution is 2.21. The normalized spacial score (nSPS) is 17.8. The van der Waals surface area contributed by atoms with E-state index in [-0.39, 0.29) is 17.9 Å². The van der Waals surface area contributed by atoms with Crippen LogP contribution in [0.25, 0.3) is 11.1 Å². The first-order valence-corrected chi connectivity index (χ1v) is 7.14. The number of aromatic amines is 1. The van der Waals surface area contributed by atoms with Crippen molar-refractivity contribution >= 4 is 11.8 Å². The van der Waals surface area contributed by atoms with Gasteiger partial charge in [0.2, 0.25) is 5.91 Å². The average Bonchev–Trinajstić information content (AvgIpc) is 3.15. The molecule has 22 heavy (non-hydrogen) atoms. The van der Waals surface area contributed by atoms with Crippen LogP contribution in [0.15, 0.2) is 30.7 Å². The molecule has 2 amide bonds. The van der Waals surface area contributed by atoms with Gasteiger partial charge in [-0.05, 0) is 24.1 Å². The summed E-state index contributed by atoms with van der Waals surface area (Å²) in [7, 11) is 1.77. The molecule has 1 aliphatic rings. The van der Waals surface area contributed by atoms with Gasteiger partial charge in [-0.2, -0.15) is 5.10 Å². The number of amides is 2. The number of hydrogen-bond acceptors (Lipinski definition) is 4. The molecule has 2 aromatic heterocycles. The molecule has 0 bridgehead atoms. The summed E-state index contributed by atoms with van der Waals surface area (Å²) in [6.45, 7) is 0.440. The summed E-state index contributed by atoms with van der Waals surface area (Å²) < 4.78 is 0. The van der Waals surface area contributed by atoms with Gasteiger partial charge in [0, 0.05) is 44.0 Å². The fourth-order valence-corrected chi connectivity index (χ4v) is 2.61. The number of aromatic nitrogens is 3. The Morgan fingerprint density at radius 3 is 2.91 bits per heavy atom. The number of likely N-dealkylation sites (tertiary alicyclic amines) is 1. The van der Waals surface area contributed by atoms with Crippen molar-refractivity contribution in [3.63, 3.8) is 0 Å². The monoisotopic (exact) mass is 299 g/mol. The first kappa shape index (κ1) is 14.2. The SMILES string of the molecule is CN1C(=O)CCC1CNC(=O)c1[nH]ncc1-c1ccncc1. The summed E-state index contributed by atoms with van der Waals surface area (Å²) >= 11 is 0. The van der Waals surface area contributed by atoms with E-state index in [9.17, 15) is 9.59 Å². The summed E-state index contributed by atoms with van der Waals surface area (Å²) in [5.41, 5.74) is 2.02. The number of likely N-dealkylation sites (N-methyl/N-ethyl adjacent to an activating group) is 1. The molecule has 1 atom stereocenters. The standard InChI is InChI=1S/C15H17N5O2/c1-20-11(2-3-13(20)21)8-17-15(22)14-12(9-18-19-14)10-4-6-16-7-5-10/h4-7,9,11H,2-3,8H2,1H3,(H,17,22)(H,18,19). The maximum absolute atomic E-state index is 12.3. The van der Waals surface area contributed by atoms with E-state index < -0.39 is 0 Å². The van der Waals surface area contributed by atoms with Crippen LogP contribution in [0.4, 0.5) is 0 Å². The number of nitrogens with zero attached hydrogens (tertiary/aromatic N) is 3. The lowest BCUT2D eigenvalue weighted by atomic mass is 10.1. The molecule has 0 aliphatic carbocycles. The Hall–Kier alpha value is -2.70. The minimum atomic E-state index is -0.225. The van der Waals surface area contributed by atoms with Crippen LogP contribution < -0.4 is 5.32 Å². The van der Waals surface area contributed by atoms with Gasteiger partial charge in [0.25, 0.3) is 5.91 Å². The lowest BCUT2D eigenvalue weighted by molar-refractivity contribution is -0.127. The van der Waals surface area contributed by atoms with Crippen LogP contribution >= 0.6 is 0 Å². The van der Waals surface area contributed by atoms with Gasteiger partial charge in [0.05, 0.1) is 6.20 Å². The number of hydrogen-bond donors (Lipinski definition) is 2. The predicted molar refractivity (Wildman–Crippen MR) is 79.9 cm³/mol. The Balaban J connectivity index is 1.69. The third-order valence-corrected chi connectivity index (χ3v) is 3.99. The van der Waals surface area contributed by atoms with Gasteiger partial charge < -0.3 is 10.2 Å². The van der Waals surface area contributed by atoms with Gasteiger partial charge in [0.15, 0.2) is 0 Å². The Morgan fingerprint density at radius 1 is 1.45 bits per heavy atom. The minimum absolute atomic E-state index is 0.0590. The van der Waals surface area contributed by atoms with Crippen molar-refractivity contribution in [2.24, 2.45) is 0 Å². The molecule has 2 N–H and O–H groups in total. The van der Waals surface area contributed by atoms with E-state index in [2.05, 4.69) is 20.5 Å². The fourth-order valence-electron chi connectivity index (χ4n) is 2.61. The quantitative estimate of drug-likeness (QED) is 0.874. The molecule has 1 saturated heterocycles. The van der Waals surface area contributed by atoms with Crippen LogP contribution in [-0.2, 0) is 4.79 Å². The molecule has 3 heterocycles. The van der Waals surface area contributed by atoms with Crippen LogP contribution in [0.3, 0.4) is 0 Å². The Bertz CT molecular complexity index is 682. The molecular weight excluding hydrogens is 282 g/mol. The van der Waals surface area contributed by atoms with E-state index in [0.717, 1.165) is 17.5 Å².